The van der Waals surface area contributed by atoms with Crippen LogP contribution in [0, 0.1) is 6.92 Å². The van der Waals surface area contributed by atoms with Gasteiger partial charge in [-0.2, -0.15) is 0 Å². The van der Waals surface area contributed by atoms with E-state index in [0.717, 1.165) is 5.56 Å². The second-order valence-electron chi connectivity index (χ2n) is 5.05. The molecule has 0 spiro atoms. The lowest BCUT2D eigenvalue weighted by Gasteiger charge is -2.15. The number of benzene rings is 2. The van der Waals surface area contributed by atoms with Gasteiger partial charge in [-0.15, -0.1) is 0 Å². The van der Waals surface area contributed by atoms with Crippen molar-refractivity contribution in [3.63, 3.8) is 0 Å². The standard InChI is InChI=1S/C17H17ClN2O3/c1-10-6-5-7-12(15(10)19)17(22)23-11(2)16(21)20-14-9-4-3-8-13(14)18/h3-9,11H,19H2,1-2H3,(H,20,21)/t11-/m0/s1. The second kappa shape index (κ2) is 7.15. The minimum Gasteiger partial charge on any atom is -0.449 e. The molecule has 0 saturated heterocycles. The quantitative estimate of drug-likeness (QED) is 0.664. The van der Waals surface area contributed by atoms with Crippen LogP contribution in [0.5, 0.6) is 0 Å². The second-order valence-corrected chi connectivity index (χ2v) is 5.46. The third-order valence-corrected chi connectivity index (χ3v) is 3.66. The van der Waals surface area contributed by atoms with E-state index in [-0.39, 0.29) is 5.56 Å². The highest BCUT2D eigenvalue weighted by Gasteiger charge is 2.21. The largest absolute Gasteiger partial charge is 0.449 e. The molecule has 0 aliphatic rings. The van der Waals surface area contributed by atoms with Crippen molar-refractivity contribution < 1.29 is 14.3 Å². The van der Waals surface area contributed by atoms with Crippen molar-refractivity contribution in [2.24, 2.45) is 0 Å². The predicted molar refractivity (Wildman–Crippen MR) is 90.6 cm³/mol. The molecule has 2 aromatic carbocycles. The van der Waals surface area contributed by atoms with E-state index in [1.54, 1.807) is 49.4 Å². The van der Waals surface area contributed by atoms with E-state index in [9.17, 15) is 9.59 Å². The molecule has 6 heteroatoms. The van der Waals surface area contributed by atoms with Gasteiger partial charge < -0.3 is 15.8 Å². The Kier molecular flexibility index (Phi) is 5.24. The summed E-state index contributed by atoms with van der Waals surface area (Å²) in [6, 6.07) is 11.9. The molecule has 0 aliphatic heterocycles. The molecular weight excluding hydrogens is 316 g/mol. The number of hydrogen-bond acceptors (Lipinski definition) is 4. The molecular formula is C17H17ClN2O3. The minimum absolute atomic E-state index is 0.238. The fraction of sp³-hybridized carbons (Fsp3) is 0.176. The topological polar surface area (TPSA) is 81.4 Å². The molecule has 2 aromatic rings. The number of esters is 1. The first-order chi connectivity index (χ1) is 10.9. The molecule has 0 saturated carbocycles. The van der Waals surface area contributed by atoms with Crippen LogP contribution in [0.25, 0.3) is 0 Å². The van der Waals surface area contributed by atoms with E-state index in [1.165, 1.54) is 6.92 Å². The summed E-state index contributed by atoms with van der Waals surface area (Å²) >= 11 is 5.97. The summed E-state index contributed by atoms with van der Waals surface area (Å²) in [6.07, 6.45) is -0.987. The maximum Gasteiger partial charge on any atom is 0.341 e. The molecule has 0 aliphatic carbocycles. The van der Waals surface area contributed by atoms with Crippen LogP contribution in [-0.4, -0.2) is 18.0 Å². The Morgan fingerprint density at radius 2 is 1.87 bits per heavy atom. The van der Waals surface area contributed by atoms with Crippen molar-refractivity contribution >= 4 is 34.9 Å². The maximum absolute atomic E-state index is 12.1. The van der Waals surface area contributed by atoms with Crippen LogP contribution in [0.3, 0.4) is 0 Å². The molecule has 1 atom stereocenters. The number of rotatable bonds is 4. The number of nitrogens with one attached hydrogen (secondary N) is 1. The monoisotopic (exact) mass is 332 g/mol. The lowest BCUT2D eigenvalue weighted by Crippen LogP contribution is -2.30. The van der Waals surface area contributed by atoms with Crippen molar-refractivity contribution in [1.82, 2.24) is 0 Å². The molecule has 3 N–H and O–H groups in total. The number of aryl methyl sites for hydroxylation is 1. The molecule has 0 heterocycles. The van der Waals surface area contributed by atoms with Gasteiger partial charge in [-0.25, -0.2) is 4.79 Å². The van der Waals surface area contributed by atoms with Gasteiger partial charge in [0.1, 0.15) is 0 Å². The lowest BCUT2D eigenvalue weighted by atomic mass is 10.1. The van der Waals surface area contributed by atoms with Gasteiger partial charge in [0.2, 0.25) is 0 Å². The molecule has 23 heavy (non-hydrogen) atoms. The third-order valence-electron chi connectivity index (χ3n) is 3.33. The molecule has 2 rings (SSSR count). The van der Waals surface area contributed by atoms with Gasteiger partial charge in [-0.3, -0.25) is 4.79 Å². The van der Waals surface area contributed by atoms with Crippen molar-refractivity contribution in [2.75, 3.05) is 11.1 Å². The molecule has 1 amide bonds. The number of hydrogen-bond donors (Lipinski definition) is 2. The van der Waals surface area contributed by atoms with E-state index >= 15 is 0 Å². The van der Waals surface area contributed by atoms with E-state index in [4.69, 9.17) is 22.1 Å². The zero-order chi connectivity index (χ0) is 17.0. The fourth-order valence-electron chi connectivity index (χ4n) is 1.93. The first-order valence-electron chi connectivity index (χ1n) is 7.01. The smallest absolute Gasteiger partial charge is 0.341 e. The van der Waals surface area contributed by atoms with E-state index in [0.29, 0.717) is 16.4 Å². The Morgan fingerprint density at radius 1 is 1.17 bits per heavy atom. The minimum atomic E-state index is -0.987. The van der Waals surface area contributed by atoms with Crippen molar-refractivity contribution in [2.45, 2.75) is 20.0 Å². The Morgan fingerprint density at radius 3 is 2.57 bits per heavy atom. The summed E-state index contributed by atoms with van der Waals surface area (Å²) in [6.45, 7) is 3.27. The van der Waals surface area contributed by atoms with Crippen molar-refractivity contribution in [3.8, 4) is 0 Å². The lowest BCUT2D eigenvalue weighted by molar-refractivity contribution is -0.123. The molecule has 0 aromatic heterocycles. The number of amides is 1. The van der Waals surface area contributed by atoms with Gasteiger partial charge in [0.05, 0.1) is 16.3 Å². The van der Waals surface area contributed by atoms with Gasteiger partial charge in [0.25, 0.3) is 5.91 Å². The highest BCUT2D eigenvalue weighted by atomic mass is 35.5. The summed E-state index contributed by atoms with van der Waals surface area (Å²) in [7, 11) is 0. The van der Waals surface area contributed by atoms with Crippen molar-refractivity contribution in [3.05, 3.63) is 58.6 Å². The van der Waals surface area contributed by atoms with Crippen LogP contribution < -0.4 is 11.1 Å². The molecule has 0 bridgehead atoms. The maximum atomic E-state index is 12.1. The number of anilines is 2. The predicted octanol–water partition coefficient (Wildman–Crippen LogP) is 3.41. The normalized spacial score (nSPS) is 11.6. The average Bonchev–Trinajstić information content (AvgIpc) is 2.52. The highest BCUT2D eigenvalue weighted by Crippen LogP contribution is 2.21. The molecule has 0 unspecified atom stereocenters. The molecule has 0 fully saturated rings. The Balaban J connectivity index is 2.05. The van der Waals surface area contributed by atoms with E-state index in [2.05, 4.69) is 5.32 Å². The van der Waals surface area contributed by atoms with Crippen LogP contribution in [0.2, 0.25) is 5.02 Å². The summed E-state index contributed by atoms with van der Waals surface area (Å²) in [5.41, 5.74) is 7.67. The first-order valence-corrected chi connectivity index (χ1v) is 7.39. The number of ether oxygens (including phenoxy) is 1. The number of carbonyl (C=O) groups excluding carboxylic acids is 2. The highest BCUT2D eigenvalue weighted by molar-refractivity contribution is 6.33. The summed E-state index contributed by atoms with van der Waals surface area (Å²) in [4.78, 5) is 24.2. The van der Waals surface area contributed by atoms with E-state index < -0.39 is 18.0 Å². The Bertz CT molecular complexity index is 746. The van der Waals surface area contributed by atoms with Crippen LogP contribution in [0.15, 0.2) is 42.5 Å². The third kappa shape index (κ3) is 4.02. The Labute approximate surface area is 139 Å². The molecule has 5 nitrogen and oxygen atoms in total. The van der Waals surface area contributed by atoms with Crippen LogP contribution >= 0.6 is 11.6 Å². The van der Waals surface area contributed by atoms with Gasteiger partial charge in [-0.1, -0.05) is 35.9 Å². The Hall–Kier alpha value is -2.53. The van der Waals surface area contributed by atoms with Crippen LogP contribution in [0.4, 0.5) is 11.4 Å². The summed E-state index contributed by atoms with van der Waals surface area (Å²) in [5.74, 6) is -1.12. The molecule has 120 valence electrons. The van der Waals surface area contributed by atoms with Crippen molar-refractivity contribution in [1.29, 1.82) is 0 Å². The number of halogens is 1. The van der Waals surface area contributed by atoms with Gasteiger partial charge >= 0.3 is 5.97 Å². The van der Waals surface area contributed by atoms with E-state index in [1.807, 2.05) is 0 Å². The summed E-state index contributed by atoms with van der Waals surface area (Å²) < 4.78 is 5.17. The summed E-state index contributed by atoms with van der Waals surface area (Å²) in [5, 5.41) is 3.02. The van der Waals surface area contributed by atoms with Crippen LogP contribution in [0.1, 0.15) is 22.8 Å². The number of carbonyl (C=O) groups is 2. The zero-order valence-corrected chi connectivity index (χ0v) is 13.6. The average molecular weight is 333 g/mol. The first kappa shape index (κ1) is 16.8. The number of nitrogen functional groups attached to an aromatic ring is 1. The van der Waals surface area contributed by atoms with Gasteiger partial charge in [-0.05, 0) is 37.6 Å². The van der Waals surface area contributed by atoms with Crippen LogP contribution in [-0.2, 0) is 9.53 Å². The molecule has 0 radical (unpaired) electrons. The van der Waals surface area contributed by atoms with Gasteiger partial charge in [0.15, 0.2) is 6.10 Å². The fourth-order valence-corrected chi connectivity index (χ4v) is 2.12. The SMILES string of the molecule is Cc1cccc(C(=O)O[C@@H](C)C(=O)Nc2ccccc2Cl)c1N. The van der Waals surface area contributed by atoms with Gasteiger partial charge in [0, 0.05) is 5.69 Å². The number of nitrogens with two attached hydrogens (primary N) is 1. The number of para-hydroxylation sites is 2. The zero-order valence-electron chi connectivity index (χ0n) is 12.8.